The Balaban J connectivity index is 1.48. The van der Waals surface area contributed by atoms with Gasteiger partial charge in [0, 0.05) is 43.8 Å². The molecule has 0 aliphatic heterocycles. The molecule has 1 unspecified atom stereocenters. The highest BCUT2D eigenvalue weighted by Gasteiger charge is 2.27. The molecule has 1 aliphatic carbocycles. The summed E-state index contributed by atoms with van der Waals surface area (Å²) >= 11 is 0. The van der Waals surface area contributed by atoms with Crippen LogP contribution in [0.3, 0.4) is 0 Å². The summed E-state index contributed by atoms with van der Waals surface area (Å²) in [5.74, 6) is 0.541. The number of hydrogen-bond acceptors (Lipinski definition) is 5. The second-order valence-electron chi connectivity index (χ2n) is 7.70. The predicted octanol–water partition coefficient (Wildman–Crippen LogP) is 2.57. The van der Waals surface area contributed by atoms with Gasteiger partial charge in [-0.3, -0.25) is 14.7 Å². The number of nitrogens with one attached hydrogen (secondary N) is 2. The van der Waals surface area contributed by atoms with Crippen molar-refractivity contribution in [1.82, 2.24) is 25.2 Å². The molecular formula is C23H28N6O. The van der Waals surface area contributed by atoms with E-state index in [2.05, 4.69) is 26.3 Å². The summed E-state index contributed by atoms with van der Waals surface area (Å²) in [4.78, 5) is 26.0. The van der Waals surface area contributed by atoms with Crippen molar-refractivity contribution in [1.29, 1.82) is 0 Å². The number of nitrogens with zero attached hydrogens (tertiary/aromatic N) is 3. The van der Waals surface area contributed by atoms with Gasteiger partial charge < -0.3 is 16.0 Å². The Bertz CT molecular complexity index is 954. The number of aromatic nitrogens is 3. The monoisotopic (exact) mass is 404 g/mol. The number of rotatable bonds is 9. The third kappa shape index (κ3) is 4.93. The molecule has 2 heterocycles. The van der Waals surface area contributed by atoms with Crippen LogP contribution in [-0.2, 0) is 19.5 Å². The molecule has 0 spiro atoms. The Kier molecular flexibility index (Phi) is 6.51. The van der Waals surface area contributed by atoms with E-state index in [9.17, 15) is 4.79 Å². The van der Waals surface area contributed by atoms with Crippen LogP contribution < -0.4 is 11.1 Å². The van der Waals surface area contributed by atoms with E-state index in [0.29, 0.717) is 12.1 Å². The van der Waals surface area contributed by atoms with E-state index in [-0.39, 0.29) is 6.04 Å². The first-order valence-electron chi connectivity index (χ1n) is 10.5. The van der Waals surface area contributed by atoms with Gasteiger partial charge in [0.15, 0.2) is 0 Å². The first kappa shape index (κ1) is 20.3. The average molecular weight is 405 g/mol. The summed E-state index contributed by atoms with van der Waals surface area (Å²) in [6, 6.07) is 12.1. The van der Waals surface area contributed by atoms with Gasteiger partial charge in [-0.25, -0.2) is 4.98 Å². The largest absolute Gasteiger partial charge is 0.366 e. The zero-order valence-electron chi connectivity index (χ0n) is 17.1. The van der Waals surface area contributed by atoms with Crippen molar-refractivity contribution in [3.05, 3.63) is 83.2 Å². The molecule has 30 heavy (non-hydrogen) atoms. The molecular weight excluding hydrogens is 376 g/mol. The Labute approximate surface area is 176 Å². The minimum absolute atomic E-state index is 0.288. The number of hydrogen-bond donors (Lipinski definition) is 3. The maximum absolute atomic E-state index is 11.4. The summed E-state index contributed by atoms with van der Waals surface area (Å²) in [5, 5.41) is 3.47. The zero-order valence-corrected chi connectivity index (χ0v) is 17.1. The van der Waals surface area contributed by atoms with Crippen molar-refractivity contribution in [2.24, 2.45) is 5.73 Å². The lowest BCUT2D eigenvalue weighted by molar-refractivity contribution is 0.1000. The van der Waals surface area contributed by atoms with Crippen LogP contribution in [0.4, 0.5) is 0 Å². The van der Waals surface area contributed by atoms with Crippen molar-refractivity contribution in [2.75, 3.05) is 13.1 Å². The number of aromatic amines is 1. The van der Waals surface area contributed by atoms with Crippen molar-refractivity contribution in [3.63, 3.8) is 0 Å². The van der Waals surface area contributed by atoms with Gasteiger partial charge in [-0.15, -0.1) is 0 Å². The van der Waals surface area contributed by atoms with E-state index in [1.54, 1.807) is 18.3 Å². The van der Waals surface area contributed by atoms with Gasteiger partial charge in [0.1, 0.15) is 5.82 Å². The molecule has 3 aromatic rings. The number of nitrogens with two attached hydrogens (primary N) is 1. The smallest absolute Gasteiger partial charge is 0.248 e. The normalized spacial score (nSPS) is 15.8. The van der Waals surface area contributed by atoms with Gasteiger partial charge in [-0.1, -0.05) is 18.2 Å². The molecule has 7 nitrogen and oxygen atoms in total. The molecule has 0 bridgehead atoms. The number of imidazole rings is 1. The van der Waals surface area contributed by atoms with Gasteiger partial charge >= 0.3 is 0 Å². The highest BCUT2D eigenvalue weighted by atomic mass is 16.1. The van der Waals surface area contributed by atoms with Crippen LogP contribution in [0.5, 0.6) is 0 Å². The number of aryl methyl sites for hydroxylation is 1. The quantitative estimate of drug-likeness (QED) is 0.476. The highest BCUT2D eigenvalue weighted by molar-refractivity contribution is 5.92. The molecule has 1 atom stereocenters. The fraction of sp³-hybridized carbons (Fsp3) is 0.348. The third-order valence-electron chi connectivity index (χ3n) is 5.65. The van der Waals surface area contributed by atoms with E-state index in [0.717, 1.165) is 43.9 Å². The Morgan fingerprint density at radius 1 is 1.20 bits per heavy atom. The van der Waals surface area contributed by atoms with Crippen LogP contribution in [0.25, 0.3) is 0 Å². The van der Waals surface area contributed by atoms with Crippen LogP contribution >= 0.6 is 0 Å². The summed E-state index contributed by atoms with van der Waals surface area (Å²) in [5.41, 5.74) is 9.63. The minimum Gasteiger partial charge on any atom is -0.366 e. The summed E-state index contributed by atoms with van der Waals surface area (Å²) < 4.78 is 0. The van der Waals surface area contributed by atoms with E-state index in [4.69, 9.17) is 10.7 Å². The molecule has 0 saturated carbocycles. The number of H-pyrrole nitrogens is 1. The second-order valence-corrected chi connectivity index (χ2v) is 7.70. The van der Waals surface area contributed by atoms with Crippen molar-refractivity contribution >= 4 is 5.91 Å². The Morgan fingerprint density at radius 2 is 2.07 bits per heavy atom. The molecule has 0 saturated heterocycles. The van der Waals surface area contributed by atoms with Crippen LogP contribution in [0, 0.1) is 0 Å². The number of carbonyl (C=O) groups excluding carboxylic acids is 1. The van der Waals surface area contributed by atoms with Crippen molar-refractivity contribution in [3.8, 4) is 0 Å². The lowest BCUT2D eigenvalue weighted by atomic mass is 9.90. The van der Waals surface area contributed by atoms with Crippen LogP contribution in [-0.4, -0.2) is 38.8 Å². The molecule has 1 amide bonds. The zero-order chi connectivity index (χ0) is 20.8. The topological polar surface area (TPSA) is 99.9 Å². The van der Waals surface area contributed by atoms with E-state index < -0.39 is 5.91 Å². The van der Waals surface area contributed by atoms with Gasteiger partial charge in [0.2, 0.25) is 5.91 Å². The molecule has 0 fully saturated rings. The fourth-order valence-corrected chi connectivity index (χ4v) is 4.12. The first-order valence-corrected chi connectivity index (χ1v) is 10.5. The molecule has 2 aromatic heterocycles. The van der Waals surface area contributed by atoms with Gasteiger partial charge in [0.05, 0.1) is 18.3 Å². The maximum Gasteiger partial charge on any atom is 0.248 e. The van der Waals surface area contributed by atoms with Gasteiger partial charge in [0.25, 0.3) is 0 Å². The predicted molar refractivity (Wildman–Crippen MR) is 116 cm³/mol. The maximum atomic E-state index is 11.4. The lowest BCUT2D eigenvalue weighted by Gasteiger charge is -2.35. The van der Waals surface area contributed by atoms with E-state index in [1.165, 1.54) is 17.7 Å². The van der Waals surface area contributed by atoms with E-state index >= 15 is 0 Å². The molecule has 156 valence electrons. The van der Waals surface area contributed by atoms with E-state index in [1.807, 2.05) is 30.6 Å². The Morgan fingerprint density at radius 3 is 2.83 bits per heavy atom. The van der Waals surface area contributed by atoms with Crippen LogP contribution in [0.15, 0.2) is 55.0 Å². The van der Waals surface area contributed by atoms with Crippen LogP contribution in [0.1, 0.15) is 51.9 Å². The first-order chi connectivity index (χ1) is 14.7. The number of carbonyl (C=O) groups is 1. The molecule has 4 N–H and O–H groups in total. The van der Waals surface area contributed by atoms with Crippen molar-refractivity contribution in [2.45, 2.75) is 38.4 Å². The number of benzene rings is 1. The molecule has 0 radical (unpaired) electrons. The Hall–Kier alpha value is -3.03. The highest BCUT2D eigenvalue weighted by Crippen LogP contribution is 2.33. The summed E-state index contributed by atoms with van der Waals surface area (Å²) in [6.45, 7) is 3.24. The number of fused-ring (bicyclic) bond motifs is 1. The fourth-order valence-electron chi connectivity index (χ4n) is 4.12. The summed E-state index contributed by atoms with van der Waals surface area (Å²) in [6.07, 6.45) is 8.86. The SMILES string of the molecule is NC(=O)c1ccc(CN(CCNCc2ncc[nH]2)C2CCCc3cccnc32)cc1. The third-order valence-corrected chi connectivity index (χ3v) is 5.65. The molecule has 1 aliphatic rings. The second kappa shape index (κ2) is 9.65. The average Bonchev–Trinajstić information content (AvgIpc) is 3.29. The number of primary amides is 1. The van der Waals surface area contributed by atoms with Crippen LogP contribution in [0.2, 0.25) is 0 Å². The lowest BCUT2D eigenvalue weighted by Crippen LogP contribution is -2.36. The summed E-state index contributed by atoms with van der Waals surface area (Å²) in [7, 11) is 0. The molecule has 1 aromatic carbocycles. The van der Waals surface area contributed by atoms with Crippen molar-refractivity contribution < 1.29 is 4.79 Å². The number of pyridine rings is 1. The molecule has 4 rings (SSSR count). The number of amides is 1. The van der Waals surface area contributed by atoms with Gasteiger partial charge in [-0.05, 0) is 48.6 Å². The standard InChI is InChI=1S/C23H28N6O/c24-23(30)19-8-6-17(7-9-19)16-29(14-13-25-15-21-26-11-12-27-21)20-5-1-3-18-4-2-10-28-22(18)20/h2,4,6-12,20,25H,1,3,5,13-16H2,(H2,24,30)(H,26,27). The van der Waals surface area contributed by atoms with Gasteiger partial charge in [-0.2, -0.15) is 0 Å². The molecule has 7 heteroatoms. The minimum atomic E-state index is -0.397.